The van der Waals surface area contributed by atoms with Crippen LogP contribution in [0.25, 0.3) is 0 Å². The Morgan fingerprint density at radius 1 is 1.04 bits per heavy atom. The van der Waals surface area contributed by atoms with E-state index in [4.69, 9.17) is 4.74 Å². The lowest BCUT2D eigenvalue weighted by Crippen LogP contribution is -2.26. The van der Waals surface area contributed by atoms with Crippen molar-refractivity contribution in [1.29, 1.82) is 0 Å². The van der Waals surface area contributed by atoms with Crippen LogP contribution in [0.1, 0.15) is 46.2 Å². The van der Waals surface area contributed by atoms with Crippen LogP contribution in [-0.2, 0) is 4.74 Å². The summed E-state index contributed by atoms with van der Waals surface area (Å²) in [6, 6.07) is 10.6. The van der Waals surface area contributed by atoms with Gasteiger partial charge in [-0.05, 0) is 36.4 Å². The van der Waals surface area contributed by atoms with Crippen LogP contribution in [0.4, 0.5) is 5.69 Å². The molecule has 0 spiro atoms. The van der Waals surface area contributed by atoms with Crippen LogP contribution in [0.5, 0.6) is 0 Å². The van der Waals surface area contributed by atoms with E-state index in [1.165, 1.54) is 11.3 Å². The van der Waals surface area contributed by atoms with E-state index in [0.29, 0.717) is 29.3 Å². The molecule has 1 heterocycles. The number of benzene rings is 1. The smallest absolute Gasteiger partial charge is 0.265 e. The van der Waals surface area contributed by atoms with E-state index in [9.17, 15) is 9.59 Å². The van der Waals surface area contributed by atoms with Gasteiger partial charge in [-0.1, -0.05) is 31.5 Å². The molecule has 25 heavy (non-hydrogen) atoms. The summed E-state index contributed by atoms with van der Waals surface area (Å²) in [5.41, 5.74) is 0.969. The van der Waals surface area contributed by atoms with Gasteiger partial charge in [-0.2, -0.15) is 0 Å². The summed E-state index contributed by atoms with van der Waals surface area (Å²) in [6.07, 6.45) is 2.94. The fourth-order valence-corrected chi connectivity index (χ4v) is 2.82. The third kappa shape index (κ3) is 6.32. The average molecular weight is 360 g/mol. The van der Waals surface area contributed by atoms with E-state index in [2.05, 4.69) is 17.6 Å². The van der Waals surface area contributed by atoms with E-state index in [-0.39, 0.29) is 11.8 Å². The number of hydrogen-bond acceptors (Lipinski definition) is 4. The Kier molecular flexibility index (Phi) is 8.15. The number of carbonyl (C=O) groups excluding carboxylic acids is 2. The molecule has 0 fully saturated rings. The minimum Gasteiger partial charge on any atom is -0.381 e. The number of carbonyl (C=O) groups is 2. The number of ether oxygens (including phenoxy) is 1. The highest BCUT2D eigenvalue weighted by Crippen LogP contribution is 2.17. The average Bonchev–Trinajstić information content (AvgIpc) is 3.16. The molecule has 2 aromatic rings. The zero-order valence-corrected chi connectivity index (χ0v) is 15.2. The van der Waals surface area contributed by atoms with Crippen LogP contribution < -0.4 is 10.6 Å². The van der Waals surface area contributed by atoms with Gasteiger partial charge in [0.05, 0.1) is 16.1 Å². The van der Waals surface area contributed by atoms with Crippen molar-refractivity contribution >= 4 is 28.8 Å². The molecule has 1 aromatic heterocycles. The zero-order valence-electron chi connectivity index (χ0n) is 14.4. The number of amides is 2. The van der Waals surface area contributed by atoms with Crippen molar-refractivity contribution in [3.63, 3.8) is 0 Å². The Morgan fingerprint density at radius 3 is 2.60 bits per heavy atom. The number of para-hydroxylation sites is 1. The molecule has 0 atom stereocenters. The van der Waals surface area contributed by atoms with Crippen LogP contribution in [0.3, 0.4) is 0 Å². The Labute approximate surface area is 152 Å². The van der Waals surface area contributed by atoms with Crippen molar-refractivity contribution in [1.82, 2.24) is 5.32 Å². The van der Waals surface area contributed by atoms with Crippen LogP contribution in [0, 0.1) is 0 Å². The molecule has 0 radical (unpaired) electrons. The molecule has 5 nitrogen and oxygen atoms in total. The first-order valence-corrected chi connectivity index (χ1v) is 9.40. The Bertz CT molecular complexity index is 671. The number of rotatable bonds is 10. The topological polar surface area (TPSA) is 67.4 Å². The molecule has 2 rings (SSSR count). The normalized spacial score (nSPS) is 10.4. The van der Waals surface area contributed by atoms with Crippen LogP contribution in [0.15, 0.2) is 41.8 Å². The van der Waals surface area contributed by atoms with Crippen molar-refractivity contribution in [3.05, 3.63) is 52.2 Å². The van der Waals surface area contributed by atoms with Gasteiger partial charge in [0.25, 0.3) is 11.8 Å². The lowest BCUT2D eigenvalue weighted by atomic mass is 10.1. The van der Waals surface area contributed by atoms with Gasteiger partial charge in [-0.25, -0.2) is 0 Å². The first kappa shape index (κ1) is 19.1. The Balaban J connectivity index is 1.84. The molecule has 0 aliphatic heterocycles. The Morgan fingerprint density at radius 2 is 1.84 bits per heavy atom. The molecule has 0 bridgehead atoms. The molecule has 0 unspecified atom stereocenters. The van der Waals surface area contributed by atoms with Crippen molar-refractivity contribution < 1.29 is 14.3 Å². The molecule has 6 heteroatoms. The quantitative estimate of drug-likeness (QED) is 0.631. The minimum absolute atomic E-state index is 0.198. The van der Waals surface area contributed by atoms with E-state index < -0.39 is 0 Å². The summed E-state index contributed by atoms with van der Waals surface area (Å²) in [5, 5.41) is 7.52. The largest absolute Gasteiger partial charge is 0.381 e. The van der Waals surface area contributed by atoms with Gasteiger partial charge >= 0.3 is 0 Å². The molecule has 2 N–H and O–H groups in total. The first-order chi connectivity index (χ1) is 12.2. The SMILES string of the molecule is CCCCOCCCNC(=O)c1ccccc1NC(=O)c1cccs1. The van der Waals surface area contributed by atoms with E-state index >= 15 is 0 Å². The number of hydrogen-bond donors (Lipinski definition) is 2. The predicted octanol–water partition coefficient (Wildman–Crippen LogP) is 3.94. The van der Waals surface area contributed by atoms with Crippen molar-refractivity contribution in [3.8, 4) is 0 Å². The summed E-state index contributed by atoms with van der Waals surface area (Å²) in [6.45, 7) is 4.06. The van der Waals surface area contributed by atoms with E-state index in [0.717, 1.165) is 25.9 Å². The summed E-state index contributed by atoms with van der Waals surface area (Å²) >= 11 is 1.36. The van der Waals surface area contributed by atoms with Gasteiger partial charge in [0.1, 0.15) is 0 Å². The van der Waals surface area contributed by atoms with Gasteiger partial charge in [0, 0.05) is 19.8 Å². The minimum atomic E-state index is -0.209. The molecular formula is C19H24N2O3S. The Hall–Kier alpha value is -2.18. The maximum atomic E-state index is 12.4. The fraction of sp³-hybridized carbons (Fsp3) is 0.368. The maximum absolute atomic E-state index is 12.4. The highest BCUT2D eigenvalue weighted by Gasteiger charge is 2.14. The third-order valence-electron chi connectivity index (χ3n) is 3.56. The number of thiophene rings is 1. The van der Waals surface area contributed by atoms with Gasteiger partial charge in [0.15, 0.2) is 0 Å². The molecular weight excluding hydrogens is 336 g/mol. The second-order valence-corrected chi connectivity index (χ2v) is 6.50. The van der Waals surface area contributed by atoms with E-state index in [1.54, 1.807) is 30.3 Å². The van der Waals surface area contributed by atoms with Crippen molar-refractivity contribution in [2.24, 2.45) is 0 Å². The summed E-state index contributed by atoms with van der Waals surface area (Å²) in [5.74, 6) is -0.407. The molecule has 0 saturated heterocycles. The molecule has 134 valence electrons. The van der Waals surface area contributed by atoms with Crippen LogP contribution in [-0.4, -0.2) is 31.6 Å². The van der Waals surface area contributed by atoms with Gasteiger partial charge in [-0.3, -0.25) is 9.59 Å². The second kappa shape index (κ2) is 10.6. The first-order valence-electron chi connectivity index (χ1n) is 8.52. The van der Waals surface area contributed by atoms with Gasteiger partial charge < -0.3 is 15.4 Å². The third-order valence-corrected chi connectivity index (χ3v) is 4.43. The fourth-order valence-electron chi connectivity index (χ4n) is 2.20. The molecule has 0 aliphatic carbocycles. The molecule has 0 aliphatic rings. The van der Waals surface area contributed by atoms with Gasteiger partial charge in [0.2, 0.25) is 0 Å². The molecule has 0 saturated carbocycles. The lowest BCUT2D eigenvalue weighted by molar-refractivity contribution is 0.0941. The van der Waals surface area contributed by atoms with Gasteiger partial charge in [-0.15, -0.1) is 11.3 Å². The lowest BCUT2D eigenvalue weighted by Gasteiger charge is -2.11. The predicted molar refractivity (Wildman–Crippen MR) is 101 cm³/mol. The summed E-state index contributed by atoms with van der Waals surface area (Å²) in [4.78, 5) is 25.2. The highest BCUT2D eigenvalue weighted by atomic mass is 32.1. The standard InChI is InChI=1S/C19H24N2O3S/c1-2-3-12-24-13-7-11-20-18(22)15-8-4-5-9-16(15)21-19(23)17-10-6-14-25-17/h4-6,8-10,14H,2-3,7,11-13H2,1H3,(H,20,22)(H,21,23). The number of unbranched alkanes of at least 4 members (excludes halogenated alkanes) is 1. The zero-order chi connectivity index (χ0) is 17.9. The highest BCUT2D eigenvalue weighted by molar-refractivity contribution is 7.12. The van der Waals surface area contributed by atoms with Crippen LogP contribution in [0.2, 0.25) is 0 Å². The number of nitrogens with one attached hydrogen (secondary N) is 2. The molecule has 2 amide bonds. The van der Waals surface area contributed by atoms with Crippen LogP contribution >= 0.6 is 11.3 Å². The second-order valence-electron chi connectivity index (χ2n) is 5.55. The molecule has 1 aromatic carbocycles. The summed E-state index contributed by atoms with van der Waals surface area (Å²) in [7, 11) is 0. The van der Waals surface area contributed by atoms with Crippen molar-refractivity contribution in [2.45, 2.75) is 26.2 Å². The summed E-state index contributed by atoms with van der Waals surface area (Å²) < 4.78 is 5.47. The van der Waals surface area contributed by atoms with E-state index in [1.807, 2.05) is 11.4 Å². The number of anilines is 1. The van der Waals surface area contributed by atoms with Crippen molar-refractivity contribution in [2.75, 3.05) is 25.1 Å². The monoisotopic (exact) mass is 360 g/mol. The maximum Gasteiger partial charge on any atom is 0.265 e.